The highest BCUT2D eigenvalue weighted by atomic mass is 16.5. The van der Waals surface area contributed by atoms with E-state index in [0.29, 0.717) is 76.4 Å². The fourth-order valence-corrected chi connectivity index (χ4v) is 10.9. The van der Waals surface area contributed by atoms with E-state index in [-0.39, 0.29) is 78.9 Å². The minimum Gasteiger partial charge on any atom is -0.493 e. The second kappa shape index (κ2) is 20.9. The van der Waals surface area contributed by atoms with Gasteiger partial charge in [0.2, 0.25) is 11.8 Å². The molecule has 4 aliphatic heterocycles. The van der Waals surface area contributed by atoms with E-state index in [2.05, 4.69) is 37.5 Å². The van der Waals surface area contributed by atoms with Gasteiger partial charge in [0.25, 0.3) is 11.8 Å². The number of ether oxygens (including phenoxy) is 3. The Morgan fingerprint density at radius 3 is 2.03 bits per heavy atom. The highest BCUT2D eigenvalue weighted by Crippen LogP contribution is 2.42. The molecule has 0 saturated carbocycles. The number of methoxy groups -OCH3 is 1. The van der Waals surface area contributed by atoms with Crippen LogP contribution in [0.1, 0.15) is 127 Å². The molecule has 0 spiro atoms. The number of aliphatic hydroxyl groups is 1. The lowest BCUT2D eigenvalue weighted by atomic mass is 9.89. The lowest BCUT2D eigenvalue weighted by molar-refractivity contribution is -0.131. The van der Waals surface area contributed by atoms with Gasteiger partial charge in [-0.3, -0.25) is 24.0 Å². The van der Waals surface area contributed by atoms with Gasteiger partial charge >= 0.3 is 0 Å². The number of aryl methyl sites for hydroxylation is 2. The third-order valence-electron chi connectivity index (χ3n) is 14.9. The third kappa shape index (κ3) is 10.9. The zero-order valence-corrected chi connectivity index (χ0v) is 43.3. The SMILES string of the molecule is COc1cc2c(cc1OCc1cc(COc3cc4c(cc3C)C(=O)N3c5ccccc5C[C@H]3C(O)C4)cc(NC(=O)[C@H](C)CC(=O)[C@@H](NC(=O)CCC(C)(C)C)C(C)C)c1)CC[C@@H]1Cc3ccccc3N1C2=O. The molecule has 13 nitrogen and oxygen atoms in total. The van der Waals surface area contributed by atoms with Crippen LogP contribution in [0.5, 0.6) is 17.2 Å². The molecule has 0 bridgehead atoms. The first kappa shape index (κ1) is 50.9. The Balaban J connectivity index is 0.954. The molecule has 13 heteroatoms. The van der Waals surface area contributed by atoms with Crippen molar-refractivity contribution in [2.75, 3.05) is 22.2 Å². The van der Waals surface area contributed by atoms with Crippen molar-refractivity contribution in [3.05, 3.63) is 141 Å². The Hall–Kier alpha value is -6.99. The minimum absolute atomic E-state index is 0.0315. The van der Waals surface area contributed by atoms with E-state index in [0.717, 1.165) is 40.9 Å². The summed E-state index contributed by atoms with van der Waals surface area (Å²) in [6, 6.07) is 27.8. The molecule has 0 fully saturated rings. The topological polar surface area (TPSA) is 164 Å². The third-order valence-corrected chi connectivity index (χ3v) is 14.9. The maximum Gasteiger partial charge on any atom is 0.258 e. The van der Waals surface area contributed by atoms with Gasteiger partial charge in [-0.15, -0.1) is 0 Å². The number of Topliss-reactive ketones (excluding diaryl/α,β-unsaturated/α-hetero) is 1. The number of rotatable bonds is 16. The molecule has 0 radical (unpaired) electrons. The van der Waals surface area contributed by atoms with E-state index in [9.17, 15) is 29.1 Å². The predicted octanol–water partition coefficient (Wildman–Crippen LogP) is 9.67. The smallest absolute Gasteiger partial charge is 0.258 e. The van der Waals surface area contributed by atoms with Crippen molar-refractivity contribution in [3.63, 3.8) is 0 Å². The average molecular weight is 989 g/mol. The summed E-state index contributed by atoms with van der Waals surface area (Å²) in [7, 11) is 1.55. The quantitative estimate of drug-likeness (QED) is 0.0874. The number of anilines is 3. The number of nitrogens with zero attached hydrogens (tertiary/aromatic N) is 2. The van der Waals surface area contributed by atoms with Gasteiger partial charge in [0.05, 0.1) is 25.3 Å². The Kier molecular flexibility index (Phi) is 14.6. The molecule has 4 amide bonds. The van der Waals surface area contributed by atoms with Crippen molar-refractivity contribution in [1.82, 2.24) is 5.32 Å². The summed E-state index contributed by atoms with van der Waals surface area (Å²) in [6.45, 7) is 13.7. The van der Waals surface area contributed by atoms with Crippen LogP contribution < -0.4 is 34.6 Å². The van der Waals surface area contributed by atoms with E-state index in [1.165, 1.54) is 5.56 Å². The first-order valence-corrected chi connectivity index (χ1v) is 25.7. The first-order chi connectivity index (χ1) is 34.8. The average Bonchev–Trinajstić information content (AvgIpc) is 3.88. The van der Waals surface area contributed by atoms with Crippen LogP contribution in [0.2, 0.25) is 0 Å². The zero-order chi connectivity index (χ0) is 51.9. The van der Waals surface area contributed by atoms with Crippen LogP contribution in [-0.4, -0.2) is 65.9 Å². The molecule has 0 aliphatic carbocycles. The number of carbonyl (C=O) groups is 5. The lowest BCUT2D eigenvalue weighted by Gasteiger charge is -2.26. The van der Waals surface area contributed by atoms with E-state index >= 15 is 0 Å². The van der Waals surface area contributed by atoms with E-state index in [1.54, 1.807) is 25.0 Å². The minimum atomic E-state index is -0.782. The van der Waals surface area contributed by atoms with Gasteiger partial charge in [-0.1, -0.05) is 77.9 Å². The number of nitrogens with one attached hydrogen (secondary N) is 2. The van der Waals surface area contributed by atoms with Gasteiger partial charge < -0.3 is 39.8 Å². The summed E-state index contributed by atoms with van der Waals surface area (Å²) in [5, 5.41) is 17.5. The highest BCUT2D eigenvalue weighted by molar-refractivity contribution is 6.10. The fraction of sp³-hybridized carbons (Fsp3) is 0.417. The number of fused-ring (bicyclic) bond motifs is 8. The summed E-state index contributed by atoms with van der Waals surface area (Å²) in [4.78, 5) is 72.6. The number of amides is 4. The second-order valence-corrected chi connectivity index (χ2v) is 22.0. The van der Waals surface area contributed by atoms with Crippen LogP contribution in [0.3, 0.4) is 0 Å². The number of hydrogen-bond acceptors (Lipinski definition) is 9. The number of benzene rings is 5. The van der Waals surface area contributed by atoms with Crippen LogP contribution in [0, 0.1) is 24.2 Å². The molecule has 4 aliphatic rings. The molecule has 382 valence electrons. The van der Waals surface area contributed by atoms with Crippen molar-refractivity contribution in [2.45, 2.75) is 137 Å². The molecule has 1 unspecified atom stereocenters. The standard InChI is InChI=1S/C60H68N4O9/c1-34(2)56(62-55(67)19-20-60(5,6)7)51(66)22-36(4)57(68)61-43-24-37(32-72-52-30-42-28-50(65)49-27-41-14-10-12-16-48(41)64(49)59(70)45(42)21-35(52)3)23-38(25-43)33-73-54-29-39-17-18-44-26-40-13-9-11-15-47(40)63(44)58(69)46(39)31-53(54)71-8/h9-16,21,23-25,29-31,34,36,44,49-50,56,65H,17-20,22,26-28,32-33H2,1-8H3,(H,61,68)(H,62,67)/t36-,44-,49+,50?,56+/m1/s1. The normalized spacial score (nSPS) is 18.5. The summed E-state index contributed by atoms with van der Waals surface area (Å²) < 4.78 is 18.9. The van der Waals surface area contributed by atoms with Gasteiger partial charge in [-0.25, -0.2) is 0 Å². The number of carbonyl (C=O) groups excluding carboxylic acids is 5. The Labute approximate surface area is 428 Å². The maximum atomic E-state index is 14.2. The van der Waals surface area contributed by atoms with Gasteiger partial charge in [0.15, 0.2) is 17.3 Å². The molecular weight excluding hydrogens is 921 g/mol. The first-order valence-electron chi connectivity index (χ1n) is 25.7. The van der Waals surface area contributed by atoms with Crippen LogP contribution >= 0.6 is 0 Å². The van der Waals surface area contributed by atoms with E-state index in [1.807, 2.05) is 105 Å². The largest absolute Gasteiger partial charge is 0.493 e. The van der Waals surface area contributed by atoms with Crippen molar-refractivity contribution in [1.29, 1.82) is 0 Å². The van der Waals surface area contributed by atoms with E-state index < -0.39 is 18.1 Å². The van der Waals surface area contributed by atoms with E-state index in [4.69, 9.17) is 14.2 Å². The molecule has 0 aromatic heterocycles. The van der Waals surface area contributed by atoms with Gasteiger partial charge in [0, 0.05) is 59.4 Å². The zero-order valence-electron chi connectivity index (χ0n) is 43.3. The summed E-state index contributed by atoms with van der Waals surface area (Å²) in [6.07, 6.45) is 3.28. The number of ketones is 1. The second-order valence-electron chi connectivity index (χ2n) is 22.0. The van der Waals surface area contributed by atoms with Gasteiger partial charge in [-0.2, -0.15) is 0 Å². The number of hydrogen-bond donors (Lipinski definition) is 3. The molecule has 3 N–H and O–H groups in total. The monoisotopic (exact) mass is 988 g/mol. The van der Waals surface area contributed by atoms with Crippen LogP contribution in [0.4, 0.5) is 17.1 Å². The van der Waals surface area contributed by atoms with Crippen molar-refractivity contribution >= 4 is 46.5 Å². The van der Waals surface area contributed by atoms with Gasteiger partial charge in [-0.05, 0) is 144 Å². The molecule has 5 atom stereocenters. The lowest BCUT2D eigenvalue weighted by Crippen LogP contribution is -2.45. The molecule has 9 rings (SSSR count). The summed E-state index contributed by atoms with van der Waals surface area (Å²) >= 11 is 0. The van der Waals surface area contributed by atoms with Crippen LogP contribution in [0.25, 0.3) is 0 Å². The Morgan fingerprint density at radius 2 is 1.36 bits per heavy atom. The van der Waals surface area contributed by atoms with Crippen LogP contribution in [0.15, 0.2) is 91.0 Å². The molecule has 5 aromatic rings. The highest BCUT2D eigenvalue weighted by Gasteiger charge is 2.42. The van der Waals surface area contributed by atoms with Crippen molar-refractivity contribution in [2.24, 2.45) is 17.3 Å². The predicted molar refractivity (Wildman–Crippen MR) is 282 cm³/mol. The number of para-hydroxylation sites is 2. The summed E-state index contributed by atoms with van der Waals surface area (Å²) in [5.74, 6) is -0.417. The molecule has 4 heterocycles. The molecule has 5 aromatic carbocycles. The molecule has 73 heavy (non-hydrogen) atoms. The Morgan fingerprint density at radius 1 is 0.740 bits per heavy atom. The molecular formula is C60H68N4O9. The van der Waals surface area contributed by atoms with Gasteiger partial charge in [0.1, 0.15) is 19.0 Å². The summed E-state index contributed by atoms with van der Waals surface area (Å²) in [5.41, 5.74) is 9.29. The van der Waals surface area contributed by atoms with Crippen molar-refractivity contribution < 1.29 is 43.3 Å². The molecule has 0 saturated heterocycles. The number of aliphatic hydroxyl groups excluding tert-OH is 1. The van der Waals surface area contributed by atoms with Crippen LogP contribution in [-0.2, 0) is 53.3 Å². The maximum absolute atomic E-state index is 14.2. The van der Waals surface area contributed by atoms with Crippen molar-refractivity contribution in [3.8, 4) is 17.2 Å². The Bertz CT molecular complexity index is 2970. The fourth-order valence-electron chi connectivity index (χ4n) is 10.9.